The van der Waals surface area contributed by atoms with Crippen molar-refractivity contribution in [2.45, 2.75) is 84.5 Å². The predicted molar refractivity (Wildman–Crippen MR) is 120 cm³/mol. The van der Waals surface area contributed by atoms with Gasteiger partial charge in [0.25, 0.3) is 0 Å². The number of unbranched alkanes of at least 4 members (excludes halogenated alkanes) is 6. The molecule has 0 radical (unpaired) electrons. The minimum Gasteiger partial charge on any atom is -0.445 e. The maximum absolute atomic E-state index is 13.1. The zero-order valence-corrected chi connectivity index (χ0v) is 19.6. The first kappa shape index (κ1) is 25.7. The van der Waals surface area contributed by atoms with Crippen molar-refractivity contribution < 1.29 is 18.6 Å². The third-order valence-corrected chi connectivity index (χ3v) is 7.02. The molecule has 1 amide bonds. The van der Waals surface area contributed by atoms with Crippen molar-refractivity contribution in [1.29, 1.82) is 0 Å². The molecule has 0 aliphatic rings. The number of ether oxygens (including phenoxy) is 1. The molecule has 0 saturated carbocycles. The van der Waals surface area contributed by atoms with Crippen LogP contribution >= 0.6 is 7.37 Å². The van der Waals surface area contributed by atoms with Gasteiger partial charge in [0.15, 0.2) is 0 Å². The highest BCUT2D eigenvalue weighted by molar-refractivity contribution is 7.58. The van der Waals surface area contributed by atoms with Crippen LogP contribution in [0, 0.1) is 5.92 Å². The van der Waals surface area contributed by atoms with Crippen molar-refractivity contribution in [2.75, 3.05) is 13.3 Å². The summed E-state index contributed by atoms with van der Waals surface area (Å²) in [6, 6.07) is 9.51. The van der Waals surface area contributed by atoms with E-state index in [1.54, 1.807) is 6.66 Å². The predicted octanol–water partition coefficient (Wildman–Crippen LogP) is 6.96. The van der Waals surface area contributed by atoms with E-state index >= 15 is 0 Å². The highest BCUT2D eigenvalue weighted by atomic mass is 31.2. The van der Waals surface area contributed by atoms with E-state index in [1.165, 1.54) is 32.1 Å². The van der Waals surface area contributed by atoms with E-state index in [1.807, 2.05) is 44.2 Å². The minimum atomic E-state index is -2.98. The van der Waals surface area contributed by atoms with Crippen molar-refractivity contribution in [3.63, 3.8) is 0 Å². The number of benzene rings is 1. The van der Waals surface area contributed by atoms with Gasteiger partial charge in [-0.1, -0.05) is 89.6 Å². The van der Waals surface area contributed by atoms with Gasteiger partial charge in [0, 0.05) is 6.66 Å². The molecular weight excluding hydrogens is 385 g/mol. The Bertz CT molecular complexity index is 606. The second-order valence-electron chi connectivity index (χ2n) is 8.21. The molecule has 0 aliphatic heterocycles. The van der Waals surface area contributed by atoms with Crippen LogP contribution in [-0.2, 0) is 20.4 Å². The lowest BCUT2D eigenvalue weighted by atomic mass is 10.1. The van der Waals surface area contributed by atoms with E-state index in [-0.39, 0.29) is 12.5 Å². The molecule has 6 heteroatoms. The second kappa shape index (κ2) is 14.6. The quantitative estimate of drug-likeness (QED) is 0.244. The first-order chi connectivity index (χ1) is 13.8. The largest absolute Gasteiger partial charge is 0.445 e. The number of nitrogens with one attached hydrogen (secondary N) is 1. The molecule has 0 aliphatic carbocycles. The topological polar surface area (TPSA) is 64.6 Å². The Morgan fingerprint density at radius 2 is 1.66 bits per heavy atom. The molecule has 2 atom stereocenters. The molecule has 0 aromatic heterocycles. The molecular formula is C23H40NO4P. The van der Waals surface area contributed by atoms with Crippen LogP contribution in [0.2, 0.25) is 0 Å². The van der Waals surface area contributed by atoms with E-state index in [0.717, 1.165) is 18.4 Å². The molecule has 1 rings (SSSR count). The van der Waals surface area contributed by atoms with E-state index in [4.69, 9.17) is 9.26 Å². The van der Waals surface area contributed by atoms with Gasteiger partial charge < -0.3 is 14.6 Å². The molecule has 166 valence electrons. The lowest BCUT2D eigenvalue weighted by Crippen LogP contribution is -2.36. The summed E-state index contributed by atoms with van der Waals surface area (Å²) in [7, 11) is -2.98. The number of carbonyl (C=O) groups excluding carboxylic acids is 1. The number of amides is 1. The molecule has 1 aromatic carbocycles. The number of rotatable bonds is 15. The van der Waals surface area contributed by atoms with Crippen LogP contribution in [0.1, 0.15) is 77.7 Å². The van der Waals surface area contributed by atoms with Gasteiger partial charge in [-0.05, 0) is 24.3 Å². The first-order valence-electron chi connectivity index (χ1n) is 11.0. The van der Waals surface area contributed by atoms with Gasteiger partial charge in [0.1, 0.15) is 12.4 Å². The monoisotopic (exact) mass is 425 g/mol. The smallest absolute Gasteiger partial charge is 0.408 e. The Morgan fingerprint density at radius 3 is 2.28 bits per heavy atom. The third kappa shape index (κ3) is 12.1. The number of alkyl carbamates (subject to hydrolysis) is 1. The molecule has 29 heavy (non-hydrogen) atoms. The minimum absolute atomic E-state index is 0.188. The van der Waals surface area contributed by atoms with Gasteiger partial charge in [-0.3, -0.25) is 4.57 Å². The Morgan fingerprint density at radius 1 is 1.03 bits per heavy atom. The van der Waals surface area contributed by atoms with Gasteiger partial charge in [-0.15, -0.1) is 0 Å². The SMILES string of the molecule is CCCCCCCCCOP(C)(=O)C(CC(C)C)NC(=O)OCc1ccccc1. The first-order valence-corrected chi connectivity index (χ1v) is 13.2. The molecule has 1 aromatic rings. The fraction of sp³-hybridized carbons (Fsp3) is 0.696. The van der Waals surface area contributed by atoms with Gasteiger partial charge in [-0.25, -0.2) is 4.79 Å². The molecule has 0 spiro atoms. The highest BCUT2D eigenvalue weighted by Gasteiger charge is 2.31. The van der Waals surface area contributed by atoms with Crippen LogP contribution in [0.4, 0.5) is 4.79 Å². The van der Waals surface area contributed by atoms with Crippen molar-refractivity contribution in [3.05, 3.63) is 35.9 Å². The van der Waals surface area contributed by atoms with Crippen LogP contribution in [0.15, 0.2) is 30.3 Å². The van der Waals surface area contributed by atoms with Crippen molar-refractivity contribution in [2.24, 2.45) is 5.92 Å². The highest BCUT2D eigenvalue weighted by Crippen LogP contribution is 2.49. The summed E-state index contributed by atoms with van der Waals surface area (Å²) in [6.45, 7) is 8.58. The van der Waals surface area contributed by atoms with Crippen molar-refractivity contribution in [3.8, 4) is 0 Å². The zero-order valence-electron chi connectivity index (χ0n) is 18.7. The van der Waals surface area contributed by atoms with E-state index in [9.17, 15) is 9.36 Å². The van der Waals surface area contributed by atoms with Gasteiger partial charge in [0.2, 0.25) is 7.37 Å². The summed E-state index contributed by atoms with van der Waals surface area (Å²) in [5, 5.41) is 2.78. The standard InChI is InChI=1S/C23H40NO4P/c1-5-6-7-8-9-10-14-17-28-29(4,26)22(18-20(2)3)24-23(25)27-19-21-15-12-11-13-16-21/h11-13,15-16,20,22H,5-10,14,17-19H2,1-4H3,(H,24,25). The molecule has 5 nitrogen and oxygen atoms in total. The van der Waals surface area contributed by atoms with Crippen molar-refractivity contribution in [1.82, 2.24) is 5.32 Å². The van der Waals surface area contributed by atoms with Crippen LogP contribution in [-0.4, -0.2) is 25.1 Å². The average Bonchev–Trinajstić information content (AvgIpc) is 2.68. The van der Waals surface area contributed by atoms with Crippen molar-refractivity contribution >= 4 is 13.5 Å². The number of hydrogen-bond donors (Lipinski definition) is 1. The van der Waals surface area contributed by atoms with Gasteiger partial charge >= 0.3 is 6.09 Å². The summed E-state index contributed by atoms with van der Waals surface area (Å²) in [6.07, 6.45) is 8.30. The Labute approximate surface area is 177 Å². The molecule has 0 bridgehead atoms. The van der Waals surface area contributed by atoms with Gasteiger partial charge in [0.05, 0.1) is 6.61 Å². The number of hydrogen-bond acceptors (Lipinski definition) is 4. The normalized spacial score (nSPS) is 14.4. The van der Waals surface area contributed by atoms with Crippen LogP contribution in [0.3, 0.4) is 0 Å². The average molecular weight is 426 g/mol. The van der Waals surface area contributed by atoms with E-state index in [2.05, 4.69) is 12.2 Å². The lowest BCUT2D eigenvalue weighted by Gasteiger charge is -2.26. The second-order valence-corrected chi connectivity index (χ2v) is 10.9. The molecule has 2 unspecified atom stereocenters. The summed E-state index contributed by atoms with van der Waals surface area (Å²) >= 11 is 0. The fourth-order valence-corrected chi connectivity index (χ4v) is 4.93. The van der Waals surface area contributed by atoms with Gasteiger partial charge in [-0.2, -0.15) is 0 Å². The molecule has 0 fully saturated rings. The van der Waals surface area contributed by atoms with Crippen LogP contribution < -0.4 is 5.32 Å². The maximum atomic E-state index is 13.1. The Kier molecular flexibility index (Phi) is 13.0. The molecule has 1 N–H and O–H groups in total. The van der Waals surface area contributed by atoms with Crippen LogP contribution in [0.5, 0.6) is 0 Å². The fourth-order valence-electron chi connectivity index (χ4n) is 3.11. The third-order valence-electron chi connectivity index (χ3n) is 4.85. The molecule has 0 heterocycles. The zero-order chi connectivity index (χ0) is 21.5. The Balaban J connectivity index is 2.43. The summed E-state index contributed by atoms with van der Waals surface area (Å²) < 4.78 is 24.2. The van der Waals surface area contributed by atoms with E-state index in [0.29, 0.717) is 13.0 Å². The van der Waals surface area contributed by atoms with E-state index < -0.39 is 19.2 Å². The summed E-state index contributed by atoms with van der Waals surface area (Å²) in [5.41, 5.74) is 0.915. The Hall–Kier alpha value is -1.32. The molecule has 0 saturated heterocycles. The van der Waals surface area contributed by atoms with Crippen LogP contribution in [0.25, 0.3) is 0 Å². The maximum Gasteiger partial charge on any atom is 0.408 e. The number of carbonyl (C=O) groups is 1. The summed E-state index contributed by atoms with van der Waals surface area (Å²) in [4.78, 5) is 12.2. The lowest BCUT2D eigenvalue weighted by molar-refractivity contribution is 0.136. The summed E-state index contributed by atoms with van der Waals surface area (Å²) in [5.74, 6) is -0.250.